The van der Waals surface area contributed by atoms with Crippen molar-refractivity contribution >= 4 is 20.0 Å². The molecule has 3 rings (SSSR count). The van der Waals surface area contributed by atoms with Crippen LogP contribution in [0.1, 0.15) is 5.56 Å². The van der Waals surface area contributed by atoms with Gasteiger partial charge in [0.1, 0.15) is 22.1 Å². The summed E-state index contributed by atoms with van der Waals surface area (Å²) in [6, 6.07) is 16.0. The Morgan fingerprint density at radius 2 is 1.28 bits per heavy atom. The molecular weight excluding hydrogens is 416 g/mol. The van der Waals surface area contributed by atoms with Gasteiger partial charge in [0.05, 0.1) is 16.9 Å². The van der Waals surface area contributed by atoms with E-state index in [2.05, 4.69) is 0 Å². The second kappa shape index (κ2) is 7.86. The maximum atomic E-state index is 12.7. The van der Waals surface area contributed by atoms with Crippen molar-refractivity contribution in [1.29, 1.82) is 0 Å². The fourth-order valence-corrected chi connectivity index (χ4v) is 4.46. The van der Waals surface area contributed by atoms with Crippen molar-refractivity contribution < 1.29 is 30.9 Å². The van der Waals surface area contributed by atoms with Crippen LogP contribution in [0.4, 0.5) is 0 Å². The molecule has 0 fully saturated rings. The Morgan fingerprint density at radius 1 is 0.759 bits per heavy atom. The number of aryl methyl sites for hydroxylation is 1. The van der Waals surface area contributed by atoms with E-state index in [-0.39, 0.29) is 27.0 Å². The maximum absolute atomic E-state index is 12.7. The van der Waals surface area contributed by atoms with Gasteiger partial charge in [0.15, 0.2) is 0 Å². The minimum absolute atomic E-state index is 0.0680. The number of rotatable bonds is 6. The van der Waals surface area contributed by atoms with Crippen molar-refractivity contribution in [3.8, 4) is 17.2 Å². The molecule has 0 atom stereocenters. The maximum Gasteiger partial charge on any atom is 0.298 e. The molecule has 0 saturated heterocycles. The van der Waals surface area contributed by atoms with E-state index in [0.29, 0.717) is 0 Å². The molecule has 9 heteroatoms. The van der Waals surface area contributed by atoms with Crippen molar-refractivity contribution in [3.05, 3.63) is 72.3 Å². The summed E-state index contributed by atoms with van der Waals surface area (Å²) in [5, 5.41) is 0. The van der Waals surface area contributed by atoms with Crippen molar-refractivity contribution in [2.45, 2.75) is 21.6 Å². The van der Waals surface area contributed by atoms with Crippen molar-refractivity contribution in [3.63, 3.8) is 0 Å². The number of benzene rings is 3. The van der Waals surface area contributed by atoms with Crippen LogP contribution in [0.15, 0.2) is 81.4 Å². The summed E-state index contributed by atoms with van der Waals surface area (Å²) < 4.78 is 68.6. The van der Waals surface area contributed by atoms with E-state index in [4.69, 9.17) is 9.47 Å². The number of hydrogen-bond acceptors (Lipinski definition) is 6. The van der Waals surface area contributed by atoms with E-state index in [1.54, 1.807) is 12.1 Å². The highest BCUT2D eigenvalue weighted by Gasteiger charge is 2.20. The predicted molar refractivity (Wildman–Crippen MR) is 106 cm³/mol. The lowest BCUT2D eigenvalue weighted by Crippen LogP contribution is -2.03. The Kier molecular flexibility index (Phi) is 5.65. The molecule has 1 N–H and O–H groups in total. The molecule has 0 aliphatic rings. The number of hydrogen-bond donors (Lipinski definition) is 1. The number of sulfone groups is 1. The Morgan fingerprint density at radius 3 is 1.79 bits per heavy atom. The summed E-state index contributed by atoms with van der Waals surface area (Å²) in [6.07, 6.45) is 0. The van der Waals surface area contributed by atoms with Gasteiger partial charge in [-0.15, -0.1) is 0 Å². The second-order valence-corrected chi connectivity index (χ2v) is 9.52. The first-order chi connectivity index (χ1) is 13.6. The zero-order valence-corrected chi connectivity index (χ0v) is 17.2. The Hall–Kier alpha value is -2.88. The fraction of sp³-hybridized carbons (Fsp3) is 0.100. The van der Waals surface area contributed by atoms with Gasteiger partial charge in [-0.1, -0.05) is 17.7 Å². The Balaban J connectivity index is 1.91. The van der Waals surface area contributed by atoms with E-state index in [1.165, 1.54) is 55.6 Å². The van der Waals surface area contributed by atoms with Gasteiger partial charge in [-0.25, -0.2) is 8.42 Å². The van der Waals surface area contributed by atoms with Gasteiger partial charge in [-0.05, 0) is 55.5 Å². The zero-order valence-electron chi connectivity index (χ0n) is 15.6. The predicted octanol–water partition coefficient (Wildman–Crippen LogP) is 3.88. The third-order valence-electron chi connectivity index (χ3n) is 4.12. The highest BCUT2D eigenvalue weighted by Crippen LogP contribution is 2.33. The quantitative estimate of drug-likeness (QED) is 0.587. The average molecular weight is 434 g/mol. The van der Waals surface area contributed by atoms with Crippen LogP contribution in [0.25, 0.3) is 0 Å². The van der Waals surface area contributed by atoms with Crippen LogP contribution in [0, 0.1) is 6.92 Å². The fourth-order valence-electron chi connectivity index (χ4n) is 2.57. The summed E-state index contributed by atoms with van der Waals surface area (Å²) in [7, 11) is -6.89. The van der Waals surface area contributed by atoms with Gasteiger partial charge >= 0.3 is 0 Å². The van der Waals surface area contributed by atoms with E-state index in [0.717, 1.165) is 11.6 Å². The van der Waals surface area contributed by atoms with E-state index < -0.39 is 24.9 Å². The molecule has 0 bridgehead atoms. The van der Waals surface area contributed by atoms with Crippen LogP contribution in [0.5, 0.6) is 17.2 Å². The van der Waals surface area contributed by atoms with E-state index >= 15 is 0 Å². The van der Waals surface area contributed by atoms with Gasteiger partial charge < -0.3 is 9.47 Å². The monoisotopic (exact) mass is 434 g/mol. The second-order valence-electron chi connectivity index (χ2n) is 6.18. The van der Waals surface area contributed by atoms with Crippen molar-refractivity contribution in [2.75, 3.05) is 7.11 Å². The minimum Gasteiger partial charge on any atom is -0.497 e. The molecule has 0 spiro atoms. The van der Waals surface area contributed by atoms with Crippen LogP contribution >= 0.6 is 0 Å². The SMILES string of the molecule is COc1ccc(Oc2ccc(S(=O)(=O)c3ccc(C)cc3)cc2)c(S(=O)(=O)O)c1. The highest BCUT2D eigenvalue weighted by molar-refractivity contribution is 7.91. The molecule has 0 unspecified atom stereocenters. The molecule has 29 heavy (non-hydrogen) atoms. The van der Waals surface area contributed by atoms with Crippen LogP contribution in [-0.4, -0.2) is 28.5 Å². The summed E-state index contributed by atoms with van der Waals surface area (Å²) in [5.74, 6) is 0.301. The molecule has 0 aliphatic carbocycles. The van der Waals surface area contributed by atoms with Gasteiger partial charge in [0.2, 0.25) is 9.84 Å². The lowest BCUT2D eigenvalue weighted by molar-refractivity contribution is 0.407. The normalized spacial score (nSPS) is 11.8. The molecule has 152 valence electrons. The molecule has 0 saturated carbocycles. The molecular formula is C20H18O7S2. The van der Waals surface area contributed by atoms with E-state index in [9.17, 15) is 21.4 Å². The molecule has 3 aromatic rings. The first-order valence-corrected chi connectivity index (χ1v) is 11.3. The van der Waals surface area contributed by atoms with Crippen LogP contribution in [0.2, 0.25) is 0 Å². The molecule has 0 aliphatic heterocycles. The molecule has 0 radical (unpaired) electrons. The largest absolute Gasteiger partial charge is 0.497 e. The van der Waals surface area contributed by atoms with Crippen LogP contribution < -0.4 is 9.47 Å². The van der Waals surface area contributed by atoms with Gasteiger partial charge in [-0.3, -0.25) is 4.55 Å². The molecule has 0 amide bonds. The molecule has 3 aromatic carbocycles. The number of ether oxygens (including phenoxy) is 2. The highest BCUT2D eigenvalue weighted by atomic mass is 32.2. The average Bonchev–Trinajstić information content (AvgIpc) is 2.68. The smallest absolute Gasteiger partial charge is 0.298 e. The summed E-state index contributed by atoms with van der Waals surface area (Å²) in [5.41, 5.74) is 0.946. The molecule has 0 aromatic heterocycles. The van der Waals surface area contributed by atoms with Gasteiger partial charge in [-0.2, -0.15) is 8.42 Å². The first kappa shape index (κ1) is 20.8. The molecule has 7 nitrogen and oxygen atoms in total. The van der Waals surface area contributed by atoms with Gasteiger partial charge in [0, 0.05) is 6.07 Å². The van der Waals surface area contributed by atoms with Crippen LogP contribution in [-0.2, 0) is 20.0 Å². The number of methoxy groups -OCH3 is 1. The topological polar surface area (TPSA) is 107 Å². The lowest BCUT2D eigenvalue weighted by atomic mass is 10.2. The zero-order chi connectivity index (χ0) is 21.2. The Labute approximate surface area is 169 Å². The first-order valence-electron chi connectivity index (χ1n) is 8.36. The third kappa shape index (κ3) is 4.58. The standard InChI is InChI=1S/C20H18O7S2/c1-14-3-8-17(9-4-14)28(21,22)18-10-5-15(6-11-18)27-19-12-7-16(26-2)13-20(19)29(23,24)25/h3-13H,1-2H3,(H,23,24,25). The molecule has 0 heterocycles. The summed E-state index contributed by atoms with van der Waals surface area (Å²) in [4.78, 5) is -0.229. The van der Waals surface area contributed by atoms with Crippen molar-refractivity contribution in [2.24, 2.45) is 0 Å². The third-order valence-corrected chi connectivity index (χ3v) is 6.78. The van der Waals surface area contributed by atoms with Crippen LogP contribution in [0.3, 0.4) is 0 Å². The van der Waals surface area contributed by atoms with E-state index in [1.807, 2.05) is 6.92 Å². The minimum atomic E-state index is -4.56. The van der Waals surface area contributed by atoms with Crippen molar-refractivity contribution in [1.82, 2.24) is 0 Å². The summed E-state index contributed by atoms with van der Waals surface area (Å²) in [6.45, 7) is 1.86. The lowest BCUT2D eigenvalue weighted by Gasteiger charge is -2.11. The van der Waals surface area contributed by atoms with Gasteiger partial charge in [0.25, 0.3) is 10.1 Å². The summed E-state index contributed by atoms with van der Waals surface area (Å²) >= 11 is 0. The Bertz CT molecular complexity index is 1230.